The van der Waals surface area contributed by atoms with Crippen LogP contribution in [-0.2, 0) is 4.74 Å². The van der Waals surface area contributed by atoms with Crippen molar-refractivity contribution >= 4 is 17.9 Å². The molecule has 1 saturated heterocycles. The maximum Gasteiger partial charge on any atom is 0.407 e. The van der Waals surface area contributed by atoms with E-state index in [9.17, 15) is 4.79 Å². The van der Waals surface area contributed by atoms with E-state index in [0.717, 1.165) is 0 Å². The van der Waals surface area contributed by atoms with Crippen molar-refractivity contribution in [2.75, 3.05) is 18.1 Å². The maximum atomic E-state index is 11.7. The van der Waals surface area contributed by atoms with Crippen molar-refractivity contribution in [3.63, 3.8) is 0 Å². The summed E-state index contributed by atoms with van der Waals surface area (Å²) in [6, 6.07) is 0.889. The number of hydrogen-bond donors (Lipinski definition) is 2. The van der Waals surface area contributed by atoms with Crippen LogP contribution in [0.3, 0.4) is 0 Å². The average molecular weight is 302 g/mol. The van der Waals surface area contributed by atoms with Crippen LogP contribution in [0, 0.1) is 5.92 Å². The van der Waals surface area contributed by atoms with Crippen LogP contribution >= 0.6 is 11.8 Å². The molecular formula is C15H30N2O2S. The van der Waals surface area contributed by atoms with Gasteiger partial charge >= 0.3 is 6.09 Å². The lowest BCUT2D eigenvalue weighted by atomic mass is 10.0. The third kappa shape index (κ3) is 7.39. The molecule has 0 radical (unpaired) electrons. The van der Waals surface area contributed by atoms with E-state index in [1.807, 2.05) is 32.5 Å². The molecule has 1 atom stereocenters. The third-order valence-electron chi connectivity index (χ3n) is 3.34. The van der Waals surface area contributed by atoms with Gasteiger partial charge in [0.1, 0.15) is 5.60 Å². The van der Waals surface area contributed by atoms with E-state index < -0.39 is 5.60 Å². The van der Waals surface area contributed by atoms with Gasteiger partial charge in [0.2, 0.25) is 0 Å². The highest BCUT2D eigenvalue weighted by Crippen LogP contribution is 2.18. The Morgan fingerprint density at radius 2 is 1.90 bits per heavy atom. The smallest absolute Gasteiger partial charge is 0.407 e. The van der Waals surface area contributed by atoms with Gasteiger partial charge in [0.15, 0.2) is 0 Å². The number of carbonyl (C=O) groups excluding carboxylic acids is 1. The molecule has 4 nitrogen and oxygen atoms in total. The van der Waals surface area contributed by atoms with Crippen molar-refractivity contribution in [2.45, 2.75) is 65.1 Å². The van der Waals surface area contributed by atoms with E-state index in [1.54, 1.807) is 0 Å². The summed E-state index contributed by atoms with van der Waals surface area (Å²) in [6.45, 7) is 10.6. The minimum Gasteiger partial charge on any atom is -0.444 e. The zero-order chi connectivity index (χ0) is 15.2. The lowest BCUT2D eigenvalue weighted by Gasteiger charge is -2.31. The zero-order valence-corrected chi connectivity index (χ0v) is 14.3. The summed E-state index contributed by atoms with van der Waals surface area (Å²) >= 11 is 2.03. The fourth-order valence-corrected chi connectivity index (χ4v) is 3.27. The molecule has 1 amide bonds. The second kappa shape index (κ2) is 8.13. The van der Waals surface area contributed by atoms with Crippen LogP contribution in [0.25, 0.3) is 0 Å². The molecule has 0 aliphatic carbocycles. The molecule has 1 aliphatic rings. The molecule has 20 heavy (non-hydrogen) atoms. The highest BCUT2D eigenvalue weighted by Gasteiger charge is 2.22. The minimum atomic E-state index is -0.439. The average Bonchev–Trinajstić information content (AvgIpc) is 2.33. The van der Waals surface area contributed by atoms with Crippen molar-refractivity contribution in [3.05, 3.63) is 0 Å². The van der Waals surface area contributed by atoms with Gasteiger partial charge < -0.3 is 15.4 Å². The fourth-order valence-electron chi connectivity index (χ4n) is 2.16. The number of amides is 1. The van der Waals surface area contributed by atoms with Gasteiger partial charge in [-0.3, -0.25) is 0 Å². The second-order valence-corrected chi connectivity index (χ2v) is 8.01. The summed E-state index contributed by atoms with van der Waals surface area (Å²) in [5, 5.41) is 6.57. The topological polar surface area (TPSA) is 50.4 Å². The van der Waals surface area contributed by atoms with E-state index in [-0.39, 0.29) is 6.09 Å². The molecule has 1 heterocycles. The number of ether oxygens (including phenoxy) is 1. The van der Waals surface area contributed by atoms with E-state index in [4.69, 9.17) is 4.74 Å². The van der Waals surface area contributed by atoms with Gasteiger partial charge in [-0.05, 0) is 51.0 Å². The number of hydrogen-bond acceptors (Lipinski definition) is 4. The Morgan fingerprint density at radius 3 is 2.40 bits per heavy atom. The van der Waals surface area contributed by atoms with Crippen molar-refractivity contribution in [1.29, 1.82) is 0 Å². The monoisotopic (exact) mass is 302 g/mol. The second-order valence-electron chi connectivity index (χ2n) is 6.79. The van der Waals surface area contributed by atoms with E-state index in [0.29, 0.717) is 24.5 Å². The zero-order valence-electron chi connectivity index (χ0n) is 13.5. The fraction of sp³-hybridized carbons (Fsp3) is 0.933. The molecule has 5 heteroatoms. The van der Waals surface area contributed by atoms with E-state index in [2.05, 4.69) is 24.5 Å². The Kier molecular flexibility index (Phi) is 7.17. The van der Waals surface area contributed by atoms with Gasteiger partial charge in [-0.15, -0.1) is 0 Å². The lowest BCUT2D eigenvalue weighted by Crippen LogP contribution is -2.49. The quantitative estimate of drug-likeness (QED) is 0.819. The first-order chi connectivity index (χ1) is 9.28. The number of nitrogens with one attached hydrogen (secondary N) is 2. The maximum absolute atomic E-state index is 11.7. The Labute approximate surface area is 127 Å². The highest BCUT2D eigenvalue weighted by atomic mass is 32.2. The number of thioether (sulfide) groups is 1. The molecule has 1 fully saturated rings. The van der Waals surface area contributed by atoms with Gasteiger partial charge in [-0.2, -0.15) is 11.8 Å². The number of carbonyl (C=O) groups is 1. The molecule has 2 N–H and O–H groups in total. The van der Waals surface area contributed by atoms with Crippen LogP contribution < -0.4 is 10.6 Å². The lowest BCUT2D eigenvalue weighted by molar-refractivity contribution is 0.0518. The summed E-state index contributed by atoms with van der Waals surface area (Å²) in [4.78, 5) is 11.7. The van der Waals surface area contributed by atoms with Gasteiger partial charge in [-0.1, -0.05) is 13.8 Å². The largest absolute Gasteiger partial charge is 0.444 e. The van der Waals surface area contributed by atoms with Crippen LogP contribution in [0.5, 0.6) is 0 Å². The van der Waals surface area contributed by atoms with Gasteiger partial charge in [0, 0.05) is 18.6 Å². The predicted molar refractivity (Wildman–Crippen MR) is 86.3 cm³/mol. The molecular weight excluding hydrogens is 272 g/mol. The molecule has 0 aromatic carbocycles. The number of alkyl carbamates (subject to hydrolysis) is 1. The van der Waals surface area contributed by atoms with Gasteiger partial charge in [0.05, 0.1) is 0 Å². The van der Waals surface area contributed by atoms with E-state index in [1.165, 1.54) is 24.3 Å². The van der Waals surface area contributed by atoms with Crippen LogP contribution in [0.1, 0.15) is 47.5 Å². The van der Waals surface area contributed by atoms with Crippen molar-refractivity contribution in [3.8, 4) is 0 Å². The molecule has 0 saturated carbocycles. The molecule has 0 aromatic heterocycles. The highest BCUT2D eigenvalue weighted by molar-refractivity contribution is 7.99. The van der Waals surface area contributed by atoms with Crippen molar-refractivity contribution in [2.24, 2.45) is 5.92 Å². The first-order valence-corrected chi connectivity index (χ1v) is 8.74. The van der Waals surface area contributed by atoms with Crippen molar-refractivity contribution in [1.82, 2.24) is 10.6 Å². The number of rotatable bonds is 5. The Hall–Kier alpha value is -0.420. The van der Waals surface area contributed by atoms with Crippen LogP contribution in [0.2, 0.25) is 0 Å². The van der Waals surface area contributed by atoms with Crippen molar-refractivity contribution < 1.29 is 9.53 Å². The molecule has 118 valence electrons. The van der Waals surface area contributed by atoms with Crippen LogP contribution in [-0.4, -0.2) is 41.8 Å². The van der Waals surface area contributed by atoms with Crippen LogP contribution in [0.4, 0.5) is 4.79 Å². The molecule has 0 aromatic rings. The minimum absolute atomic E-state index is 0.301. The van der Waals surface area contributed by atoms with E-state index >= 15 is 0 Å². The summed E-state index contributed by atoms with van der Waals surface area (Å²) in [5.41, 5.74) is -0.439. The third-order valence-corrected chi connectivity index (χ3v) is 4.39. The van der Waals surface area contributed by atoms with Gasteiger partial charge in [0.25, 0.3) is 0 Å². The molecule has 0 spiro atoms. The molecule has 1 aliphatic heterocycles. The SMILES string of the molecule is CC(C)C(CNC(=O)OC(C)(C)C)NC1CCSCC1. The summed E-state index contributed by atoms with van der Waals surface area (Å²) in [7, 11) is 0. The molecule has 0 bridgehead atoms. The first-order valence-electron chi connectivity index (χ1n) is 7.58. The Bertz CT molecular complexity index is 297. The molecule has 1 unspecified atom stereocenters. The standard InChI is InChI=1S/C15H30N2O2S/c1-11(2)13(17-12-6-8-20-9-7-12)10-16-14(18)19-15(3,4)5/h11-13,17H,6-10H2,1-5H3,(H,16,18). The summed E-state index contributed by atoms with van der Waals surface area (Å²) < 4.78 is 5.28. The Balaban J connectivity index is 2.36. The molecule has 1 rings (SSSR count). The first kappa shape index (κ1) is 17.6. The summed E-state index contributed by atoms with van der Waals surface area (Å²) in [6.07, 6.45) is 2.12. The Morgan fingerprint density at radius 1 is 1.30 bits per heavy atom. The normalized spacial score (nSPS) is 18.9. The van der Waals surface area contributed by atoms with Gasteiger partial charge in [-0.25, -0.2) is 4.79 Å². The predicted octanol–water partition coefficient (Wildman–Crippen LogP) is 3.02. The van der Waals surface area contributed by atoms with Crippen LogP contribution in [0.15, 0.2) is 0 Å². The summed E-state index contributed by atoms with van der Waals surface area (Å²) in [5.74, 6) is 2.96.